The smallest absolute Gasteiger partial charge is 0.213 e. The van der Waals surface area contributed by atoms with Crippen LogP contribution < -0.4 is 10.5 Å². The molecule has 0 radical (unpaired) electrons. The second-order valence-electron chi connectivity index (χ2n) is 4.75. The van der Waals surface area contributed by atoms with Gasteiger partial charge in [0.05, 0.1) is 5.25 Å². The molecule has 0 bridgehead atoms. The molecule has 2 saturated heterocycles. The topological polar surface area (TPSA) is 81.4 Å². The Kier molecular flexibility index (Phi) is 3.84. The molecule has 2 atom stereocenters. The third-order valence-electron chi connectivity index (χ3n) is 3.71. The number of ether oxygens (including phenoxy) is 1. The van der Waals surface area contributed by atoms with Crippen molar-refractivity contribution in [3.05, 3.63) is 0 Å². The lowest BCUT2D eigenvalue weighted by Crippen LogP contribution is -2.50. The molecule has 0 aliphatic carbocycles. The van der Waals surface area contributed by atoms with Crippen LogP contribution in [0.3, 0.4) is 0 Å². The van der Waals surface area contributed by atoms with Gasteiger partial charge in [0, 0.05) is 25.8 Å². The Balaban J connectivity index is 1.85. The predicted molar refractivity (Wildman–Crippen MR) is 61.5 cm³/mol. The minimum absolute atomic E-state index is 0.399. The quantitative estimate of drug-likeness (QED) is 0.710. The molecule has 0 aromatic heterocycles. The molecule has 0 saturated carbocycles. The largest absolute Gasteiger partial charge is 0.381 e. The first-order chi connectivity index (χ1) is 7.57. The monoisotopic (exact) mass is 248 g/mol. The van der Waals surface area contributed by atoms with Gasteiger partial charge in [0.1, 0.15) is 0 Å². The van der Waals surface area contributed by atoms with E-state index < -0.39 is 15.3 Å². The lowest BCUT2D eigenvalue weighted by Gasteiger charge is -2.36. The molecule has 2 aliphatic rings. The van der Waals surface area contributed by atoms with E-state index in [1.165, 1.54) is 0 Å². The van der Waals surface area contributed by atoms with Crippen molar-refractivity contribution in [2.75, 3.05) is 19.8 Å². The third kappa shape index (κ3) is 2.94. The van der Waals surface area contributed by atoms with E-state index in [9.17, 15) is 8.42 Å². The second-order valence-corrected chi connectivity index (χ2v) is 6.60. The molecule has 6 heteroatoms. The minimum atomic E-state index is -3.37. The van der Waals surface area contributed by atoms with E-state index in [0.29, 0.717) is 24.9 Å². The zero-order valence-electron chi connectivity index (χ0n) is 9.39. The highest BCUT2D eigenvalue weighted by Crippen LogP contribution is 2.25. The van der Waals surface area contributed by atoms with Crippen molar-refractivity contribution in [1.29, 1.82) is 0 Å². The van der Waals surface area contributed by atoms with Gasteiger partial charge in [-0.15, -0.1) is 0 Å². The molecule has 16 heavy (non-hydrogen) atoms. The fourth-order valence-electron chi connectivity index (χ4n) is 2.65. The molecule has 0 aromatic carbocycles. The average Bonchev–Trinajstić information content (AvgIpc) is 2.29. The van der Waals surface area contributed by atoms with Crippen LogP contribution in [0.4, 0.5) is 0 Å². The summed E-state index contributed by atoms with van der Waals surface area (Å²) in [7, 11) is -3.37. The molecule has 0 amide bonds. The summed E-state index contributed by atoms with van der Waals surface area (Å²) in [6.45, 7) is 2.17. The zero-order chi connectivity index (χ0) is 11.6. The molecule has 3 N–H and O–H groups in total. The molecule has 0 spiro atoms. The van der Waals surface area contributed by atoms with E-state index in [0.717, 1.165) is 32.5 Å². The van der Waals surface area contributed by atoms with E-state index in [4.69, 9.17) is 9.88 Å². The zero-order valence-corrected chi connectivity index (χ0v) is 10.2. The molecule has 2 heterocycles. The van der Waals surface area contributed by atoms with Crippen molar-refractivity contribution < 1.29 is 13.2 Å². The van der Waals surface area contributed by atoms with Gasteiger partial charge >= 0.3 is 0 Å². The fourth-order valence-corrected chi connectivity index (χ4v) is 3.45. The summed E-state index contributed by atoms with van der Waals surface area (Å²) in [6, 6.07) is 0.446. The number of primary sulfonamides is 1. The van der Waals surface area contributed by atoms with Crippen LogP contribution >= 0.6 is 0 Å². The van der Waals surface area contributed by atoms with Gasteiger partial charge in [-0.1, -0.05) is 0 Å². The Morgan fingerprint density at radius 1 is 1.12 bits per heavy atom. The maximum Gasteiger partial charge on any atom is 0.213 e. The van der Waals surface area contributed by atoms with Crippen LogP contribution in [-0.2, 0) is 14.8 Å². The number of nitrogens with two attached hydrogens (primary N) is 1. The molecule has 2 rings (SSSR count). The average molecular weight is 248 g/mol. The predicted octanol–water partition coefficient (Wildman–Crippen LogP) is -0.178. The molecule has 2 fully saturated rings. The van der Waals surface area contributed by atoms with Crippen molar-refractivity contribution >= 4 is 10.0 Å². The van der Waals surface area contributed by atoms with Crippen LogP contribution in [0.1, 0.15) is 25.7 Å². The summed E-state index contributed by atoms with van der Waals surface area (Å²) in [6.07, 6.45) is 3.76. The Labute approximate surface area is 96.8 Å². The summed E-state index contributed by atoms with van der Waals surface area (Å²) in [5, 5.41) is 8.08. The van der Waals surface area contributed by atoms with Crippen LogP contribution in [0, 0.1) is 5.92 Å². The standard InChI is InChI=1S/C10H20N2O3S/c11-16(13,14)9-1-2-10(12-7-9)8-3-5-15-6-4-8/h8-10,12H,1-7H2,(H2,11,13,14). The maximum atomic E-state index is 11.2. The van der Waals surface area contributed by atoms with Crippen molar-refractivity contribution in [1.82, 2.24) is 5.32 Å². The Bertz CT molecular complexity index is 317. The van der Waals surface area contributed by atoms with E-state index in [-0.39, 0.29) is 0 Å². The second kappa shape index (κ2) is 5.00. The Morgan fingerprint density at radius 2 is 1.81 bits per heavy atom. The summed E-state index contributed by atoms with van der Waals surface area (Å²) < 4.78 is 27.7. The molecule has 94 valence electrons. The first-order valence-electron chi connectivity index (χ1n) is 5.90. The summed E-state index contributed by atoms with van der Waals surface area (Å²) in [5.41, 5.74) is 0. The Morgan fingerprint density at radius 3 is 2.31 bits per heavy atom. The minimum Gasteiger partial charge on any atom is -0.381 e. The number of sulfonamides is 1. The van der Waals surface area contributed by atoms with Crippen LogP contribution in [-0.4, -0.2) is 39.5 Å². The van der Waals surface area contributed by atoms with Crippen molar-refractivity contribution in [2.45, 2.75) is 37.0 Å². The summed E-state index contributed by atoms with van der Waals surface area (Å²) in [5.74, 6) is 0.634. The Hall–Kier alpha value is -0.170. The molecule has 2 aliphatic heterocycles. The van der Waals surface area contributed by atoms with Gasteiger partial charge in [0.2, 0.25) is 10.0 Å². The van der Waals surface area contributed by atoms with Gasteiger partial charge in [-0.05, 0) is 31.6 Å². The molecule has 5 nitrogen and oxygen atoms in total. The number of hydrogen-bond acceptors (Lipinski definition) is 4. The van der Waals surface area contributed by atoms with E-state index in [2.05, 4.69) is 5.32 Å². The highest BCUT2D eigenvalue weighted by Gasteiger charge is 2.32. The van der Waals surface area contributed by atoms with Crippen molar-refractivity contribution in [2.24, 2.45) is 11.1 Å². The van der Waals surface area contributed by atoms with Crippen LogP contribution in [0.5, 0.6) is 0 Å². The van der Waals surface area contributed by atoms with E-state index >= 15 is 0 Å². The van der Waals surface area contributed by atoms with Crippen molar-refractivity contribution in [3.8, 4) is 0 Å². The van der Waals surface area contributed by atoms with Gasteiger partial charge < -0.3 is 10.1 Å². The van der Waals surface area contributed by atoms with Gasteiger partial charge in [-0.25, -0.2) is 13.6 Å². The van der Waals surface area contributed by atoms with Crippen LogP contribution in [0.2, 0.25) is 0 Å². The summed E-state index contributed by atoms with van der Waals surface area (Å²) in [4.78, 5) is 0. The number of rotatable bonds is 2. The van der Waals surface area contributed by atoms with Crippen LogP contribution in [0.25, 0.3) is 0 Å². The van der Waals surface area contributed by atoms with Gasteiger partial charge in [-0.3, -0.25) is 0 Å². The number of piperidine rings is 1. The maximum absolute atomic E-state index is 11.2. The van der Waals surface area contributed by atoms with Crippen molar-refractivity contribution in [3.63, 3.8) is 0 Å². The first-order valence-corrected chi connectivity index (χ1v) is 7.51. The lowest BCUT2D eigenvalue weighted by atomic mass is 9.86. The molecular weight excluding hydrogens is 228 g/mol. The fraction of sp³-hybridized carbons (Fsp3) is 1.00. The van der Waals surface area contributed by atoms with Gasteiger partial charge in [0.15, 0.2) is 0 Å². The van der Waals surface area contributed by atoms with E-state index in [1.807, 2.05) is 0 Å². The number of nitrogens with one attached hydrogen (secondary N) is 1. The lowest BCUT2D eigenvalue weighted by molar-refractivity contribution is 0.0501. The summed E-state index contributed by atoms with van der Waals surface area (Å²) >= 11 is 0. The van der Waals surface area contributed by atoms with Gasteiger partial charge in [0.25, 0.3) is 0 Å². The normalized spacial score (nSPS) is 33.8. The van der Waals surface area contributed by atoms with Gasteiger partial charge in [-0.2, -0.15) is 0 Å². The third-order valence-corrected chi connectivity index (χ3v) is 5.04. The number of hydrogen-bond donors (Lipinski definition) is 2. The highest BCUT2D eigenvalue weighted by atomic mass is 32.2. The van der Waals surface area contributed by atoms with Crippen LogP contribution in [0.15, 0.2) is 0 Å². The SMILES string of the molecule is NS(=O)(=O)C1CCC(C2CCOCC2)NC1. The first kappa shape index (κ1) is 12.3. The van der Waals surface area contributed by atoms with E-state index in [1.54, 1.807) is 0 Å². The molecule has 2 unspecified atom stereocenters. The molecule has 0 aromatic rings. The highest BCUT2D eigenvalue weighted by molar-refractivity contribution is 7.89. The molecular formula is C10H20N2O3S.